The van der Waals surface area contributed by atoms with Crippen LogP contribution in [0.25, 0.3) is 10.8 Å². The normalized spacial score (nSPS) is 13.6. The second kappa shape index (κ2) is 6.39. The zero-order chi connectivity index (χ0) is 15.4. The topological polar surface area (TPSA) is 66.4 Å². The molecule has 0 unspecified atom stereocenters. The van der Waals surface area contributed by atoms with E-state index >= 15 is 0 Å². The van der Waals surface area contributed by atoms with Gasteiger partial charge in [0.2, 0.25) is 0 Å². The number of carbonyl (C=O) groups excluding carboxylic acids is 1. The monoisotopic (exact) mass is 285 g/mol. The van der Waals surface area contributed by atoms with Crippen molar-refractivity contribution < 1.29 is 14.7 Å². The largest absolute Gasteiger partial charge is 0.480 e. The molecule has 0 aliphatic carbocycles. The van der Waals surface area contributed by atoms with Crippen LogP contribution in [0.4, 0.5) is 0 Å². The van der Waals surface area contributed by atoms with Gasteiger partial charge in [-0.2, -0.15) is 0 Å². The highest BCUT2D eigenvalue weighted by Gasteiger charge is 2.26. The van der Waals surface area contributed by atoms with E-state index in [4.69, 9.17) is 0 Å². The number of benzene rings is 2. The van der Waals surface area contributed by atoms with E-state index < -0.39 is 12.0 Å². The highest BCUT2D eigenvalue weighted by Crippen LogP contribution is 2.19. The van der Waals surface area contributed by atoms with E-state index in [-0.39, 0.29) is 11.8 Å². The molecular formula is C17H19NO3. The van der Waals surface area contributed by atoms with Crippen LogP contribution in [-0.4, -0.2) is 23.0 Å². The van der Waals surface area contributed by atoms with Gasteiger partial charge in [0.15, 0.2) is 0 Å². The van der Waals surface area contributed by atoms with Crippen molar-refractivity contribution in [2.75, 3.05) is 0 Å². The average molecular weight is 285 g/mol. The van der Waals surface area contributed by atoms with E-state index in [2.05, 4.69) is 5.32 Å². The average Bonchev–Trinajstić information content (AvgIpc) is 2.50. The van der Waals surface area contributed by atoms with E-state index in [1.807, 2.05) is 44.2 Å². The number of hydrogen-bond acceptors (Lipinski definition) is 2. The Morgan fingerprint density at radius 3 is 2.48 bits per heavy atom. The fourth-order valence-electron chi connectivity index (χ4n) is 2.33. The predicted molar refractivity (Wildman–Crippen MR) is 82.3 cm³/mol. The van der Waals surface area contributed by atoms with Gasteiger partial charge in [0.25, 0.3) is 5.91 Å². The number of rotatable bonds is 5. The van der Waals surface area contributed by atoms with Gasteiger partial charge in [0.05, 0.1) is 0 Å². The van der Waals surface area contributed by atoms with Crippen molar-refractivity contribution in [1.29, 1.82) is 0 Å². The van der Waals surface area contributed by atoms with Gasteiger partial charge in [-0.05, 0) is 22.8 Å². The molecule has 0 saturated carbocycles. The number of fused-ring (bicyclic) bond motifs is 1. The third-order valence-corrected chi connectivity index (χ3v) is 3.80. The van der Waals surface area contributed by atoms with E-state index in [1.54, 1.807) is 12.1 Å². The molecule has 4 nitrogen and oxygen atoms in total. The first-order valence-electron chi connectivity index (χ1n) is 7.06. The Bertz CT molecular complexity index is 661. The second-order valence-corrected chi connectivity index (χ2v) is 5.20. The molecule has 0 bridgehead atoms. The van der Waals surface area contributed by atoms with Crippen LogP contribution in [-0.2, 0) is 4.79 Å². The molecule has 2 aromatic carbocycles. The Hall–Kier alpha value is -2.36. The minimum atomic E-state index is -1.00. The number of hydrogen-bond donors (Lipinski definition) is 2. The summed E-state index contributed by atoms with van der Waals surface area (Å²) in [6.45, 7) is 3.73. The maximum Gasteiger partial charge on any atom is 0.326 e. The lowest BCUT2D eigenvalue weighted by Gasteiger charge is -2.20. The van der Waals surface area contributed by atoms with Gasteiger partial charge in [-0.25, -0.2) is 4.79 Å². The van der Waals surface area contributed by atoms with Crippen molar-refractivity contribution in [3.05, 3.63) is 48.0 Å². The first-order chi connectivity index (χ1) is 10.0. The van der Waals surface area contributed by atoms with E-state index in [0.717, 1.165) is 10.8 Å². The van der Waals surface area contributed by atoms with Crippen LogP contribution in [0.5, 0.6) is 0 Å². The molecule has 110 valence electrons. The van der Waals surface area contributed by atoms with Crippen molar-refractivity contribution in [2.45, 2.75) is 26.3 Å². The predicted octanol–water partition coefficient (Wildman–Crippen LogP) is 3.07. The minimum Gasteiger partial charge on any atom is -0.480 e. The molecule has 0 aromatic heterocycles. The van der Waals surface area contributed by atoms with Crippen molar-refractivity contribution in [3.8, 4) is 0 Å². The zero-order valence-corrected chi connectivity index (χ0v) is 12.2. The Labute approximate surface area is 123 Å². The number of aliphatic carboxylic acids is 1. The van der Waals surface area contributed by atoms with Gasteiger partial charge in [-0.15, -0.1) is 0 Å². The molecule has 0 fully saturated rings. The lowest BCUT2D eigenvalue weighted by Crippen LogP contribution is -2.45. The van der Waals surface area contributed by atoms with Gasteiger partial charge in [0.1, 0.15) is 6.04 Å². The molecule has 0 aliphatic rings. The van der Waals surface area contributed by atoms with Crippen molar-refractivity contribution in [1.82, 2.24) is 5.32 Å². The summed E-state index contributed by atoms with van der Waals surface area (Å²) in [5, 5.41) is 13.7. The smallest absolute Gasteiger partial charge is 0.326 e. The summed E-state index contributed by atoms with van der Waals surface area (Å²) in [5.74, 6) is -1.47. The lowest BCUT2D eigenvalue weighted by atomic mass is 9.98. The number of carbonyl (C=O) groups is 2. The Morgan fingerprint density at radius 1 is 1.14 bits per heavy atom. The summed E-state index contributed by atoms with van der Waals surface area (Å²) in [5.41, 5.74) is 0.502. The molecule has 0 heterocycles. The van der Waals surface area contributed by atoms with E-state index in [9.17, 15) is 14.7 Å². The van der Waals surface area contributed by atoms with Gasteiger partial charge < -0.3 is 10.4 Å². The van der Waals surface area contributed by atoms with Crippen LogP contribution in [0, 0.1) is 5.92 Å². The molecule has 2 atom stereocenters. The Kier molecular flexibility index (Phi) is 4.58. The number of nitrogens with one attached hydrogen (secondary N) is 1. The number of amides is 1. The SMILES string of the molecule is CC[C@H](C)[C@H](NC(=O)c1cccc2ccccc12)C(=O)O. The van der Waals surface area contributed by atoms with Gasteiger partial charge >= 0.3 is 5.97 Å². The third kappa shape index (κ3) is 3.21. The first kappa shape index (κ1) is 15.0. The van der Waals surface area contributed by atoms with Crippen molar-refractivity contribution in [3.63, 3.8) is 0 Å². The maximum atomic E-state index is 12.4. The van der Waals surface area contributed by atoms with Crippen LogP contribution < -0.4 is 5.32 Å². The molecule has 2 rings (SSSR count). The summed E-state index contributed by atoms with van der Waals surface area (Å²) < 4.78 is 0. The van der Waals surface area contributed by atoms with Crippen LogP contribution in [0.1, 0.15) is 30.6 Å². The maximum absolute atomic E-state index is 12.4. The van der Waals surface area contributed by atoms with E-state index in [0.29, 0.717) is 12.0 Å². The van der Waals surface area contributed by atoms with Gasteiger partial charge in [-0.1, -0.05) is 56.7 Å². The van der Waals surface area contributed by atoms with Crippen LogP contribution in [0.15, 0.2) is 42.5 Å². The zero-order valence-electron chi connectivity index (χ0n) is 12.2. The fourth-order valence-corrected chi connectivity index (χ4v) is 2.33. The van der Waals surface area contributed by atoms with Crippen LogP contribution in [0.2, 0.25) is 0 Å². The molecular weight excluding hydrogens is 266 g/mol. The minimum absolute atomic E-state index is 0.124. The van der Waals surface area contributed by atoms with Crippen molar-refractivity contribution >= 4 is 22.6 Å². The summed E-state index contributed by atoms with van der Waals surface area (Å²) in [6.07, 6.45) is 0.687. The molecule has 2 aromatic rings. The Balaban J connectivity index is 2.32. The molecule has 0 saturated heterocycles. The summed E-state index contributed by atoms with van der Waals surface area (Å²) in [6, 6.07) is 12.1. The molecule has 1 amide bonds. The molecule has 0 radical (unpaired) electrons. The Morgan fingerprint density at radius 2 is 1.81 bits per heavy atom. The molecule has 21 heavy (non-hydrogen) atoms. The summed E-state index contributed by atoms with van der Waals surface area (Å²) >= 11 is 0. The van der Waals surface area contributed by atoms with Crippen LogP contribution in [0.3, 0.4) is 0 Å². The summed E-state index contributed by atoms with van der Waals surface area (Å²) in [7, 11) is 0. The third-order valence-electron chi connectivity index (χ3n) is 3.80. The highest BCUT2D eigenvalue weighted by molar-refractivity contribution is 6.07. The second-order valence-electron chi connectivity index (χ2n) is 5.20. The molecule has 2 N–H and O–H groups in total. The fraction of sp³-hybridized carbons (Fsp3) is 0.294. The summed E-state index contributed by atoms with van der Waals surface area (Å²) in [4.78, 5) is 23.7. The standard InChI is InChI=1S/C17H19NO3/c1-3-11(2)15(17(20)21)18-16(19)14-10-6-8-12-7-4-5-9-13(12)14/h4-11,15H,3H2,1-2H3,(H,18,19)(H,20,21)/t11-,15-/m0/s1. The number of carboxylic acid groups (broad SMARTS) is 1. The lowest BCUT2D eigenvalue weighted by molar-refractivity contribution is -0.140. The quantitative estimate of drug-likeness (QED) is 0.887. The molecule has 4 heteroatoms. The van der Waals surface area contributed by atoms with Crippen LogP contribution >= 0.6 is 0 Å². The first-order valence-corrected chi connectivity index (χ1v) is 7.06. The highest BCUT2D eigenvalue weighted by atomic mass is 16.4. The van der Waals surface area contributed by atoms with Crippen molar-refractivity contribution in [2.24, 2.45) is 5.92 Å². The number of carboxylic acids is 1. The van der Waals surface area contributed by atoms with E-state index in [1.165, 1.54) is 0 Å². The molecule has 0 aliphatic heterocycles. The molecule has 0 spiro atoms. The van der Waals surface area contributed by atoms with Gasteiger partial charge in [-0.3, -0.25) is 4.79 Å². The van der Waals surface area contributed by atoms with Gasteiger partial charge in [0, 0.05) is 5.56 Å².